The van der Waals surface area contributed by atoms with Crippen molar-refractivity contribution >= 4 is 23.5 Å². The number of hydrogen-bond donors (Lipinski definition) is 1. The molecule has 7 nitrogen and oxygen atoms in total. The van der Waals surface area contributed by atoms with E-state index in [0.29, 0.717) is 37.2 Å². The number of piperazine rings is 1. The molecule has 1 saturated heterocycles. The molecule has 0 atom stereocenters. The van der Waals surface area contributed by atoms with E-state index in [-0.39, 0.29) is 5.91 Å². The highest BCUT2D eigenvalue weighted by Gasteiger charge is 2.25. The molecule has 0 aliphatic carbocycles. The summed E-state index contributed by atoms with van der Waals surface area (Å²) in [7, 11) is 1.72. The maximum absolute atomic E-state index is 12.6. The number of hydrogen-bond acceptors (Lipinski definition) is 4. The lowest BCUT2D eigenvalue weighted by atomic mass is 10.2. The maximum Gasteiger partial charge on any atom is 0.242 e. The monoisotopic (exact) mass is 386 g/mol. The van der Waals surface area contributed by atoms with Crippen molar-refractivity contribution in [1.82, 2.24) is 25.1 Å². The van der Waals surface area contributed by atoms with Crippen LogP contribution in [0, 0.1) is 6.92 Å². The molecular formula is C19H23ClN6O. The number of carbonyl (C=O) groups is 1. The van der Waals surface area contributed by atoms with Gasteiger partial charge in [0, 0.05) is 37.9 Å². The Morgan fingerprint density at radius 3 is 2.70 bits per heavy atom. The SMILES string of the molecule is CN=C(NCc1ccnc(C)n1)N1CCN(Cc2ccc(Cl)cc2)C(=O)C1. The number of aliphatic imine (C=N–C) groups is 1. The number of aromatic nitrogens is 2. The number of nitrogens with one attached hydrogen (secondary N) is 1. The highest BCUT2D eigenvalue weighted by molar-refractivity contribution is 6.30. The average Bonchev–Trinajstić information content (AvgIpc) is 2.66. The third-order valence-electron chi connectivity index (χ3n) is 4.38. The number of carbonyl (C=O) groups excluding carboxylic acids is 1. The Kier molecular flexibility index (Phi) is 6.24. The Hall–Kier alpha value is -2.67. The van der Waals surface area contributed by atoms with E-state index in [1.54, 1.807) is 13.2 Å². The van der Waals surface area contributed by atoms with Crippen LogP contribution in [0.1, 0.15) is 17.1 Å². The topological polar surface area (TPSA) is 73.7 Å². The van der Waals surface area contributed by atoms with Crippen molar-refractivity contribution in [3.8, 4) is 0 Å². The molecule has 2 heterocycles. The summed E-state index contributed by atoms with van der Waals surface area (Å²) in [4.78, 5) is 29.2. The lowest BCUT2D eigenvalue weighted by Crippen LogP contribution is -2.54. The maximum atomic E-state index is 12.6. The molecule has 1 aromatic carbocycles. The van der Waals surface area contributed by atoms with Gasteiger partial charge < -0.3 is 15.1 Å². The third-order valence-corrected chi connectivity index (χ3v) is 4.63. The van der Waals surface area contributed by atoms with E-state index in [9.17, 15) is 4.79 Å². The van der Waals surface area contributed by atoms with E-state index >= 15 is 0 Å². The Balaban J connectivity index is 1.55. The van der Waals surface area contributed by atoms with E-state index in [1.807, 2.05) is 47.1 Å². The van der Waals surface area contributed by atoms with Crippen LogP contribution in [0.15, 0.2) is 41.5 Å². The summed E-state index contributed by atoms with van der Waals surface area (Å²) in [6.07, 6.45) is 1.74. The second-order valence-electron chi connectivity index (χ2n) is 6.36. The predicted octanol–water partition coefficient (Wildman–Crippen LogP) is 1.86. The minimum absolute atomic E-state index is 0.0806. The van der Waals surface area contributed by atoms with E-state index in [4.69, 9.17) is 11.6 Å². The number of nitrogens with zero attached hydrogens (tertiary/aromatic N) is 5. The van der Waals surface area contributed by atoms with Crippen molar-refractivity contribution in [3.05, 3.63) is 58.6 Å². The van der Waals surface area contributed by atoms with Gasteiger partial charge in [-0.3, -0.25) is 9.79 Å². The van der Waals surface area contributed by atoms with Gasteiger partial charge in [0.2, 0.25) is 5.91 Å². The van der Waals surface area contributed by atoms with E-state index < -0.39 is 0 Å². The largest absolute Gasteiger partial charge is 0.351 e. The Bertz CT molecular complexity index is 823. The molecule has 1 aromatic heterocycles. The molecule has 27 heavy (non-hydrogen) atoms. The van der Waals surface area contributed by atoms with Gasteiger partial charge in [0.1, 0.15) is 5.82 Å². The van der Waals surface area contributed by atoms with Crippen LogP contribution < -0.4 is 5.32 Å². The Morgan fingerprint density at radius 2 is 2.04 bits per heavy atom. The molecule has 0 radical (unpaired) electrons. The standard InChI is InChI=1S/C19H23ClN6O/c1-14-22-8-7-17(24-14)11-23-19(21-2)26-10-9-25(18(27)13-26)12-15-3-5-16(20)6-4-15/h3-8H,9-13H2,1-2H3,(H,21,23). The van der Waals surface area contributed by atoms with Crippen LogP contribution >= 0.6 is 11.6 Å². The summed E-state index contributed by atoms with van der Waals surface area (Å²) in [5.41, 5.74) is 1.96. The molecule has 1 fully saturated rings. The summed E-state index contributed by atoms with van der Waals surface area (Å²) < 4.78 is 0. The van der Waals surface area contributed by atoms with Crippen LogP contribution in [0.2, 0.25) is 5.02 Å². The summed E-state index contributed by atoms with van der Waals surface area (Å²) in [6, 6.07) is 9.46. The fourth-order valence-electron chi connectivity index (χ4n) is 2.97. The molecule has 3 rings (SSSR count). The van der Waals surface area contributed by atoms with Crippen LogP contribution in [0.3, 0.4) is 0 Å². The fraction of sp³-hybridized carbons (Fsp3) is 0.368. The number of guanidine groups is 1. The van der Waals surface area contributed by atoms with Crippen molar-refractivity contribution in [1.29, 1.82) is 0 Å². The molecule has 0 bridgehead atoms. The molecule has 1 amide bonds. The van der Waals surface area contributed by atoms with Crippen molar-refractivity contribution in [2.24, 2.45) is 4.99 Å². The normalized spacial score (nSPS) is 15.2. The van der Waals surface area contributed by atoms with Gasteiger partial charge in [-0.15, -0.1) is 0 Å². The van der Waals surface area contributed by atoms with Gasteiger partial charge >= 0.3 is 0 Å². The minimum Gasteiger partial charge on any atom is -0.351 e. The van der Waals surface area contributed by atoms with Gasteiger partial charge in [-0.1, -0.05) is 23.7 Å². The fourth-order valence-corrected chi connectivity index (χ4v) is 3.10. The Morgan fingerprint density at radius 1 is 1.26 bits per heavy atom. The highest BCUT2D eigenvalue weighted by Crippen LogP contribution is 2.13. The zero-order valence-corrected chi connectivity index (χ0v) is 16.3. The Labute approximate surface area is 164 Å². The van der Waals surface area contributed by atoms with Gasteiger partial charge in [-0.05, 0) is 30.7 Å². The van der Waals surface area contributed by atoms with Crippen LogP contribution in [0.25, 0.3) is 0 Å². The zero-order valence-electron chi connectivity index (χ0n) is 15.5. The first-order valence-electron chi connectivity index (χ1n) is 8.81. The summed E-state index contributed by atoms with van der Waals surface area (Å²) >= 11 is 5.92. The second-order valence-corrected chi connectivity index (χ2v) is 6.80. The number of benzene rings is 1. The molecule has 142 valence electrons. The van der Waals surface area contributed by atoms with Crippen molar-refractivity contribution in [2.45, 2.75) is 20.0 Å². The molecule has 2 aromatic rings. The van der Waals surface area contributed by atoms with Crippen molar-refractivity contribution in [3.63, 3.8) is 0 Å². The summed E-state index contributed by atoms with van der Waals surface area (Å²) in [5.74, 6) is 1.51. The van der Waals surface area contributed by atoms with Gasteiger partial charge in [-0.25, -0.2) is 9.97 Å². The van der Waals surface area contributed by atoms with Gasteiger partial charge in [0.15, 0.2) is 5.96 Å². The number of rotatable bonds is 4. The molecule has 8 heteroatoms. The second kappa shape index (κ2) is 8.81. The first kappa shape index (κ1) is 19.1. The van der Waals surface area contributed by atoms with E-state index in [1.165, 1.54) is 0 Å². The van der Waals surface area contributed by atoms with Gasteiger partial charge in [0.05, 0.1) is 18.8 Å². The number of halogens is 1. The van der Waals surface area contributed by atoms with Crippen LogP contribution in [-0.4, -0.2) is 58.3 Å². The predicted molar refractivity (Wildman–Crippen MR) is 105 cm³/mol. The van der Waals surface area contributed by atoms with E-state index in [0.717, 1.165) is 23.6 Å². The van der Waals surface area contributed by atoms with Crippen LogP contribution in [-0.2, 0) is 17.9 Å². The minimum atomic E-state index is 0.0806. The first-order chi connectivity index (χ1) is 13.0. The number of aryl methyl sites for hydroxylation is 1. The molecule has 1 aliphatic heterocycles. The van der Waals surface area contributed by atoms with E-state index in [2.05, 4.69) is 20.3 Å². The quantitative estimate of drug-likeness (QED) is 0.641. The van der Waals surface area contributed by atoms with Crippen molar-refractivity contribution in [2.75, 3.05) is 26.7 Å². The lowest BCUT2D eigenvalue weighted by Gasteiger charge is -2.36. The molecular weight excluding hydrogens is 364 g/mol. The van der Waals surface area contributed by atoms with Crippen LogP contribution in [0.4, 0.5) is 0 Å². The lowest BCUT2D eigenvalue weighted by molar-refractivity contribution is -0.135. The van der Waals surface area contributed by atoms with Crippen LogP contribution in [0.5, 0.6) is 0 Å². The first-order valence-corrected chi connectivity index (χ1v) is 9.19. The smallest absolute Gasteiger partial charge is 0.242 e. The average molecular weight is 387 g/mol. The summed E-state index contributed by atoms with van der Waals surface area (Å²) in [6.45, 7) is 4.66. The molecule has 0 unspecified atom stereocenters. The molecule has 1 N–H and O–H groups in total. The molecule has 0 spiro atoms. The number of amides is 1. The van der Waals surface area contributed by atoms with Gasteiger partial charge in [0.25, 0.3) is 0 Å². The summed E-state index contributed by atoms with van der Waals surface area (Å²) in [5, 5.41) is 3.97. The van der Waals surface area contributed by atoms with Gasteiger partial charge in [-0.2, -0.15) is 0 Å². The third kappa shape index (κ3) is 5.17. The highest BCUT2D eigenvalue weighted by atomic mass is 35.5. The zero-order chi connectivity index (χ0) is 19.2. The molecule has 0 saturated carbocycles. The molecule has 1 aliphatic rings. The van der Waals surface area contributed by atoms with Crippen molar-refractivity contribution < 1.29 is 4.79 Å².